The van der Waals surface area contributed by atoms with Crippen LogP contribution in [0.1, 0.15) is 28.9 Å². The lowest BCUT2D eigenvalue weighted by atomic mass is 9.97. The lowest BCUT2D eigenvalue weighted by molar-refractivity contribution is 0.0799. The summed E-state index contributed by atoms with van der Waals surface area (Å²) in [5.74, 6) is 0.551. The molecule has 0 unspecified atom stereocenters. The number of aromatic nitrogens is 3. The molecule has 0 atom stereocenters. The number of nitrogen functional groups attached to an aromatic ring is 1. The fourth-order valence-electron chi connectivity index (χ4n) is 3.77. The molecule has 1 amide bonds. The van der Waals surface area contributed by atoms with Crippen molar-refractivity contribution in [2.24, 2.45) is 0 Å². The fraction of sp³-hybridized carbons (Fsp3) is 0.412. The predicted molar refractivity (Wildman–Crippen MR) is 97.3 cm³/mol. The molecule has 4 N–H and O–H groups in total. The van der Waals surface area contributed by atoms with Gasteiger partial charge in [-0.3, -0.25) is 14.2 Å². The zero-order valence-corrected chi connectivity index (χ0v) is 14.7. The topological polar surface area (TPSA) is 118 Å². The van der Waals surface area contributed by atoms with E-state index >= 15 is 0 Å². The van der Waals surface area contributed by atoms with E-state index in [9.17, 15) is 9.59 Å². The van der Waals surface area contributed by atoms with E-state index in [0.29, 0.717) is 35.9 Å². The summed E-state index contributed by atoms with van der Waals surface area (Å²) in [4.78, 5) is 35.9. The normalized spacial score (nSPS) is 18.6. The lowest BCUT2D eigenvalue weighted by Crippen LogP contribution is -2.53. The molecule has 9 nitrogen and oxygen atoms in total. The number of carbonyl (C=O) groups excluding carboxylic acids is 1. The number of rotatable bonds is 2. The average Bonchev–Trinajstić information content (AvgIpc) is 2.88. The predicted octanol–water partition coefficient (Wildman–Crippen LogP) is 0.394. The first-order valence-electron chi connectivity index (χ1n) is 8.52. The van der Waals surface area contributed by atoms with Crippen LogP contribution >= 0.6 is 0 Å². The monoisotopic (exact) mass is 355 g/mol. The van der Waals surface area contributed by atoms with Crippen LogP contribution < -0.4 is 21.9 Å². The number of nitrogens with two attached hydrogens (primary N) is 1. The maximum absolute atomic E-state index is 13.2. The number of piperidine rings is 1. The molecule has 136 valence electrons. The molecule has 0 radical (unpaired) electrons. The van der Waals surface area contributed by atoms with Crippen molar-refractivity contribution in [1.29, 1.82) is 0 Å². The average molecular weight is 355 g/mol. The Balaban J connectivity index is 1.82. The Morgan fingerprint density at radius 2 is 1.96 bits per heavy atom. The maximum Gasteiger partial charge on any atom is 0.276 e. The van der Waals surface area contributed by atoms with Gasteiger partial charge in [-0.2, -0.15) is 0 Å². The highest BCUT2D eigenvalue weighted by molar-refractivity contribution is 5.97. The van der Waals surface area contributed by atoms with Gasteiger partial charge >= 0.3 is 0 Å². The van der Waals surface area contributed by atoms with Gasteiger partial charge in [0.1, 0.15) is 35.0 Å². The summed E-state index contributed by atoms with van der Waals surface area (Å²) in [6.07, 6.45) is 2.70. The number of nitrogens with zero attached hydrogens (tertiary/aromatic N) is 4. The molecular formula is C17H21N7O2. The number of aryl methyl sites for hydroxylation is 1. The molecule has 1 fully saturated rings. The molecule has 2 aromatic rings. The van der Waals surface area contributed by atoms with E-state index in [1.165, 1.54) is 6.33 Å². The van der Waals surface area contributed by atoms with Crippen molar-refractivity contribution in [1.82, 2.24) is 24.8 Å². The summed E-state index contributed by atoms with van der Waals surface area (Å²) in [5, 5.41) is 6.08. The van der Waals surface area contributed by atoms with Crippen LogP contribution in [0.3, 0.4) is 0 Å². The van der Waals surface area contributed by atoms with Crippen molar-refractivity contribution >= 4 is 23.2 Å². The van der Waals surface area contributed by atoms with E-state index < -0.39 is 5.66 Å². The zero-order valence-electron chi connectivity index (χ0n) is 14.7. The Kier molecular flexibility index (Phi) is 3.69. The van der Waals surface area contributed by atoms with Crippen molar-refractivity contribution in [3.8, 4) is 0 Å². The molecule has 2 aromatic heterocycles. The molecule has 1 spiro atoms. The van der Waals surface area contributed by atoms with Gasteiger partial charge in [0.25, 0.3) is 11.5 Å². The first-order valence-corrected chi connectivity index (χ1v) is 8.52. The molecule has 0 bridgehead atoms. The van der Waals surface area contributed by atoms with Crippen molar-refractivity contribution in [2.75, 3.05) is 31.2 Å². The highest BCUT2D eigenvalue weighted by atomic mass is 16.2. The molecular weight excluding hydrogens is 334 g/mol. The Morgan fingerprint density at radius 1 is 1.23 bits per heavy atom. The zero-order chi connectivity index (χ0) is 18.5. The standard InChI is InChI=1S/C17H21N7O2/c1-10-7-11(21-13-8-12(18)19-9-20-13)16(26)24-14(10)15(25)22-17(24)3-5-23(2)6-4-17/h7-9H,3-6H2,1-2H3,(H,22,25)(H3,18,19,20,21). The molecule has 0 aliphatic carbocycles. The molecule has 4 rings (SSSR count). The minimum Gasteiger partial charge on any atom is -0.384 e. The van der Waals surface area contributed by atoms with Crippen LogP contribution in [-0.4, -0.2) is 45.5 Å². The van der Waals surface area contributed by atoms with Gasteiger partial charge in [0.2, 0.25) is 0 Å². The van der Waals surface area contributed by atoms with E-state index in [1.54, 1.807) is 16.7 Å². The number of fused-ring (bicyclic) bond motifs is 2. The molecule has 9 heteroatoms. The van der Waals surface area contributed by atoms with Gasteiger partial charge in [-0.1, -0.05) is 0 Å². The van der Waals surface area contributed by atoms with Crippen LogP contribution in [0.25, 0.3) is 0 Å². The second-order valence-corrected chi connectivity index (χ2v) is 6.97. The molecule has 4 heterocycles. The van der Waals surface area contributed by atoms with Gasteiger partial charge in [-0.05, 0) is 25.6 Å². The minimum absolute atomic E-state index is 0.193. The first-order chi connectivity index (χ1) is 12.4. The van der Waals surface area contributed by atoms with Gasteiger partial charge in [0.05, 0.1) is 0 Å². The summed E-state index contributed by atoms with van der Waals surface area (Å²) in [6, 6.07) is 3.24. The van der Waals surface area contributed by atoms with Crippen molar-refractivity contribution < 1.29 is 4.79 Å². The van der Waals surface area contributed by atoms with Crippen LogP contribution in [0, 0.1) is 6.92 Å². The smallest absolute Gasteiger partial charge is 0.276 e. The van der Waals surface area contributed by atoms with Gasteiger partial charge < -0.3 is 21.3 Å². The molecule has 1 saturated heterocycles. The third-order valence-corrected chi connectivity index (χ3v) is 5.15. The largest absolute Gasteiger partial charge is 0.384 e. The van der Waals surface area contributed by atoms with E-state index in [4.69, 9.17) is 5.73 Å². The minimum atomic E-state index is -0.664. The number of anilines is 3. The summed E-state index contributed by atoms with van der Waals surface area (Å²) in [6.45, 7) is 3.45. The van der Waals surface area contributed by atoms with E-state index in [1.807, 2.05) is 14.0 Å². The Morgan fingerprint density at radius 3 is 2.65 bits per heavy atom. The number of amides is 1. The summed E-state index contributed by atoms with van der Waals surface area (Å²) in [5.41, 5.74) is 6.31. The molecule has 2 aliphatic rings. The van der Waals surface area contributed by atoms with Gasteiger partial charge in [0, 0.05) is 32.0 Å². The SMILES string of the molecule is Cc1cc(Nc2cc(N)ncn2)c(=O)n2c1C(=O)NC21CCN(C)CC1. The number of carbonyl (C=O) groups is 1. The van der Waals surface area contributed by atoms with Crippen LogP contribution in [0.4, 0.5) is 17.3 Å². The number of likely N-dealkylation sites (tertiary alicyclic amines) is 1. The first kappa shape index (κ1) is 16.5. The number of hydrogen-bond donors (Lipinski definition) is 3. The fourth-order valence-corrected chi connectivity index (χ4v) is 3.77. The summed E-state index contributed by atoms with van der Waals surface area (Å²) >= 11 is 0. The van der Waals surface area contributed by atoms with Gasteiger partial charge in [0.15, 0.2) is 0 Å². The quantitative estimate of drug-likeness (QED) is 0.713. The molecule has 26 heavy (non-hydrogen) atoms. The van der Waals surface area contributed by atoms with Crippen LogP contribution in [0.15, 0.2) is 23.3 Å². The Labute approximate surface area is 150 Å². The Hall–Kier alpha value is -2.94. The van der Waals surface area contributed by atoms with Crippen LogP contribution in [-0.2, 0) is 5.66 Å². The van der Waals surface area contributed by atoms with Gasteiger partial charge in [-0.15, -0.1) is 0 Å². The van der Waals surface area contributed by atoms with Crippen LogP contribution in [0.2, 0.25) is 0 Å². The summed E-state index contributed by atoms with van der Waals surface area (Å²) < 4.78 is 1.63. The molecule has 0 aromatic carbocycles. The van der Waals surface area contributed by atoms with Gasteiger partial charge in [-0.25, -0.2) is 9.97 Å². The highest BCUT2D eigenvalue weighted by Crippen LogP contribution is 2.33. The number of nitrogens with one attached hydrogen (secondary N) is 2. The Bertz CT molecular complexity index is 945. The van der Waals surface area contributed by atoms with Crippen molar-refractivity contribution in [3.63, 3.8) is 0 Å². The molecule has 2 aliphatic heterocycles. The van der Waals surface area contributed by atoms with E-state index in [0.717, 1.165) is 18.7 Å². The highest BCUT2D eigenvalue weighted by Gasteiger charge is 2.46. The van der Waals surface area contributed by atoms with E-state index in [2.05, 4.69) is 25.5 Å². The third kappa shape index (κ3) is 2.51. The summed E-state index contributed by atoms with van der Waals surface area (Å²) in [7, 11) is 2.04. The molecule has 0 saturated carbocycles. The third-order valence-electron chi connectivity index (χ3n) is 5.15. The number of pyridine rings is 1. The maximum atomic E-state index is 13.2. The second-order valence-electron chi connectivity index (χ2n) is 6.97. The van der Waals surface area contributed by atoms with E-state index in [-0.39, 0.29) is 11.5 Å². The van der Waals surface area contributed by atoms with Crippen LogP contribution in [0.5, 0.6) is 0 Å². The lowest BCUT2D eigenvalue weighted by Gasteiger charge is -2.39. The van der Waals surface area contributed by atoms with Crippen molar-refractivity contribution in [3.05, 3.63) is 40.1 Å². The number of hydrogen-bond acceptors (Lipinski definition) is 7. The van der Waals surface area contributed by atoms with Crippen molar-refractivity contribution in [2.45, 2.75) is 25.4 Å². The second kappa shape index (κ2) is 5.80.